The van der Waals surface area contributed by atoms with Crippen LogP contribution in [0.5, 0.6) is 0 Å². The summed E-state index contributed by atoms with van der Waals surface area (Å²) in [5.41, 5.74) is 1.75. The van der Waals surface area contributed by atoms with Gasteiger partial charge in [0.05, 0.1) is 11.8 Å². The highest BCUT2D eigenvalue weighted by atomic mass is 35.5. The van der Waals surface area contributed by atoms with Gasteiger partial charge in [-0.2, -0.15) is 0 Å². The highest BCUT2D eigenvalue weighted by Crippen LogP contribution is 2.21. The summed E-state index contributed by atoms with van der Waals surface area (Å²) in [5, 5.41) is 12.8. The Morgan fingerprint density at radius 1 is 1.33 bits per heavy atom. The second-order valence-electron chi connectivity index (χ2n) is 4.10. The number of aliphatic hydroxyl groups excluding tert-OH is 1. The molecule has 0 amide bonds. The van der Waals surface area contributed by atoms with E-state index in [9.17, 15) is 5.11 Å². The number of halogens is 1. The first-order valence-corrected chi connectivity index (χ1v) is 6.83. The van der Waals surface area contributed by atoms with Gasteiger partial charge in [-0.1, -0.05) is 23.7 Å². The Kier molecular flexibility index (Phi) is 3.07. The first-order valence-electron chi connectivity index (χ1n) is 5.57. The van der Waals surface area contributed by atoms with Crippen molar-refractivity contribution in [3.8, 4) is 0 Å². The molecule has 0 aliphatic rings. The zero-order chi connectivity index (χ0) is 12.5. The summed E-state index contributed by atoms with van der Waals surface area (Å²) in [5.74, 6) is 0. The molecule has 1 atom stereocenters. The summed E-state index contributed by atoms with van der Waals surface area (Å²) >= 11 is 7.41. The molecule has 18 heavy (non-hydrogen) atoms. The van der Waals surface area contributed by atoms with E-state index >= 15 is 0 Å². The predicted molar refractivity (Wildman–Crippen MR) is 73.2 cm³/mol. The smallest absolute Gasteiger partial charge is 0.193 e. The average Bonchev–Trinajstić information content (AvgIpc) is 2.90. The van der Waals surface area contributed by atoms with Crippen LogP contribution in [0.3, 0.4) is 0 Å². The van der Waals surface area contributed by atoms with Crippen molar-refractivity contribution >= 4 is 27.9 Å². The molecular formula is C13H11ClN2OS. The van der Waals surface area contributed by atoms with Gasteiger partial charge < -0.3 is 5.11 Å². The predicted octanol–water partition coefficient (Wildman–Crippen LogP) is 3.33. The molecule has 3 rings (SSSR count). The van der Waals surface area contributed by atoms with Gasteiger partial charge in [-0.15, -0.1) is 11.3 Å². The summed E-state index contributed by atoms with van der Waals surface area (Å²) in [6, 6.07) is 7.24. The first-order chi connectivity index (χ1) is 8.72. The van der Waals surface area contributed by atoms with Crippen molar-refractivity contribution in [2.45, 2.75) is 12.5 Å². The summed E-state index contributed by atoms with van der Waals surface area (Å²) in [4.78, 5) is 5.40. The fourth-order valence-corrected chi connectivity index (χ4v) is 2.72. The van der Waals surface area contributed by atoms with Crippen molar-refractivity contribution in [1.29, 1.82) is 0 Å². The fourth-order valence-electron chi connectivity index (χ4n) is 1.88. The molecule has 0 spiro atoms. The number of rotatable bonds is 3. The van der Waals surface area contributed by atoms with Gasteiger partial charge >= 0.3 is 0 Å². The minimum absolute atomic E-state index is 0.510. The zero-order valence-corrected chi connectivity index (χ0v) is 11.0. The van der Waals surface area contributed by atoms with Crippen molar-refractivity contribution < 1.29 is 5.11 Å². The standard InChI is InChI=1S/C13H11ClN2OS/c14-10-3-1-9(2-4-10)12(17)7-11-8-16-5-6-18-13(16)15-11/h1-6,8,12,17H,7H2. The highest BCUT2D eigenvalue weighted by Gasteiger charge is 2.11. The van der Waals surface area contributed by atoms with Crippen LogP contribution in [0.2, 0.25) is 5.02 Å². The molecule has 0 saturated heterocycles. The molecule has 5 heteroatoms. The molecule has 3 aromatic rings. The maximum absolute atomic E-state index is 10.1. The van der Waals surface area contributed by atoms with Crippen LogP contribution in [-0.2, 0) is 6.42 Å². The van der Waals surface area contributed by atoms with Gasteiger partial charge in [0.1, 0.15) is 0 Å². The van der Waals surface area contributed by atoms with Crippen LogP contribution in [0.1, 0.15) is 17.4 Å². The van der Waals surface area contributed by atoms with Crippen LogP contribution >= 0.6 is 22.9 Å². The minimum Gasteiger partial charge on any atom is -0.388 e. The third-order valence-corrected chi connectivity index (χ3v) is 3.82. The maximum Gasteiger partial charge on any atom is 0.193 e. The number of hydrogen-bond acceptors (Lipinski definition) is 3. The number of hydrogen-bond donors (Lipinski definition) is 1. The number of imidazole rings is 1. The SMILES string of the molecule is OC(Cc1cn2ccsc2n1)c1ccc(Cl)cc1. The van der Waals surface area contributed by atoms with Gasteiger partial charge in [0.15, 0.2) is 4.96 Å². The van der Waals surface area contributed by atoms with Crippen LogP contribution in [0.25, 0.3) is 4.96 Å². The van der Waals surface area contributed by atoms with Crippen molar-refractivity contribution in [3.63, 3.8) is 0 Å². The van der Waals surface area contributed by atoms with Crippen molar-refractivity contribution in [1.82, 2.24) is 9.38 Å². The number of nitrogens with zero attached hydrogens (tertiary/aromatic N) is 2. The normalized spacial score (nSPS) is 13.0. The lowest BCUT2D eigenvalue weighted by atomic mass is 10.1. The van der Waals surface area contributed by atoms with Gasteiger partial charge in [-0.05, 0) is 17.7 Å². The van der Waals surface area contributed by atoms with Gasteiger partial charge in [-0.25, -0.2) is 4.98 Å². The van der Waals surface area contributed by atoms with Crippen molar-refractivity contribution in [2.75, 3.05) is 0 Å². The van der Waals surface area contributed by atoms with E-state index in [2.05, 4.69) is 4.98 Å². The maximum atomic E-state index is 10.1. The Morgan fingerprint density at radius 2 is 2.11 bits per heavy atom. The minimum atomic E-state index is -0.549. The lowest BCUT2D eigenvalue weighted by Crippen LogP contribution is -2.01. The molecule has 0 bridgehead atoms. The van der Waals surface area contributed by atoms with Crippen LogP contribution in [-0.4, -0.2) is 14.5 Å². The lowest BCUT2D eigenvalue weighted by Gasteiger charge is -2.08. The van der Waals surface area contributed by atoms with E-state index < -0.39 is 6.10 Å². The van der Waals surface area contributed by atoms with Crippen molar-refractivity contribution in [2.24, 2.45) is 0 Å². The van der Waals surface area contributed by atoms with Gasteiger partial charge in [-0.3, -0.25) is 4.40 Å². The summed E-state index contributed by atoms with van der Waals surface area (Å²) in [7, 11) is 0. The molecule has 1 N–H and O–H groups in total. The number of aliphatic hydroxyl groups is 1. The van der Waals surface area contributed by atoms with Crippen LogP contribution in [0.4, 0.5) is 0 Å². The summed E-state index contributed by atoms with van der Waals surface area (Å²) < 4.78 is 1.97. The molecule has 0 radical (unpaired) electrons. The molecular weight excluding hydrogens is 268 g/mol. The molecule has 3 nitrogen and oxygen atoms in total. The Balaban J connectivity index is 1.79. The average molecular weight is 279 g/mol. The molecule has 0 aliphatic heterocycles. The molecule has 0 saturated carbocycles. The third-order valence-electron chi connectivity index (χ3n) is 2.80. The largest absolute Gasteiger partial charge is 0.388 e. The Labute approximate surface area is 113 Å². The number of benzene rings is 1. The van der Waals surface area contributed by atoms with Crippen molar-refractivity contribution in [3.05, 3.63) is 58.3 Å². The third kappa shape index (κ3) is 2.27. The molecule has 2 heterocycles. The summed E-state index contributed by atoms with van der Waals surface area (Å²) in [6.45, 7) is 0. The van der Waals surface area contributed by atoms with Gasteiger partial charge in [0.2, 0.25) is 0 Å². The van der Waals surface area contributed by atoms with Crippen LogP contribution in [0.15, 0.2) is 42.0 Å². The lowest BCUT2D eigenvalue weighted by molar-refractivity contribution is 0.177. The number of aromatic nitrogens is 2. The van der Waals surface area contributed by atoms with Crippen LogP contribution < -0.4 is 0 Å². The monoisotopic (exact) mass is 278 g/mol. The molecule has 1 aromatic carbocycles. The topological polar surface area (TPSA) is 37.5 Å². The van der Waals surface area contributed by atoms with E-state index in [1.54, 1.807) is 23.5 Å². The van der Waals surface area contributed by atoms with E-state index in [1.165, 1.54) is 0 Å². The van der Waals surface area contributed by atoms with E-state index in [-0.39, 0.29) is 0 Å². The second-order valence-corrected chi connectivity index (χ2v) is 5.41. The Bertz CT molecular complexity index is 630. The highest BCUT2D eigenvalue weighted by molar-refractivity contribution is 7.15. The molecule has 0 aliphatic carbocycles. The Hall–Kier alpha value is -1.36. The molecule has 92 valence electrons. The first kappa shape index (κ1) is 11.7. The Morgan fingerprint density at radius 3 is 2.83 bits per heavy atom. The number of thiazole rings is 1. The second kappa shape index (κ2) is 4.72. The van der Waals surface area contributed by atoms with E-state index in [0.29, 0.717) is 11.4 Å². The molecule has 1 unspecified atom stereocenters. The van der Waals surface area contributed by atoms with Gasteiger partial charge in [0.25, 0.3) is 0 Å². The number of fused-ring (bicyclic) bond motifs is 1. The van der Waals surface area contributed by atoms with Gasteiger partial charge in [0, 0.05) is 29.2 Å². The van der Waals surface area contributed by atoms with Crippen LogP contribution in [0, 0.1) is 0 Å². The van der Waals surface area contributed by atoms with E-state index in [1.807, 2.05) is 34.3 Å². The zero-order valence-electron chi connectivity index (χ0n) is 9.45. The quantitative estimate of drug-likeness (QED) is 0.798. The molecule has 2 aromatic heterocycles. The van der Waals surface area contributed by atoms with E-state index in [0.717, 1.165) is 16.2 Å². The fraction of sp³-hybridized carbons (Fsp3) is 0.154. The molecule has 0 fully saturated rings. The summed E-state index contributed by atoms with van der Waals surface area (Å²) in [6.07, 6.45) is 3.87. The van der Waals surface area contributed by atoms with E-state index in [4.69, 9.17) is 11.6 Å².